The molecule has 0 aliphatic carbocycles. The van der Waals surface area contributed by atoms with Gasteiger partial charge in [0.2, 0.25) is 11.8 Å². The molecule has 2 amide bonds. The predicted molar refractivity (Wildman–Crippen MR) is 108 cm³/mol. The molecule has 0 saturated heterocycles. The van der Waals surface area contributed by atoms with Crippen molar-refractivity contribution in [1.82, 2.24) is 25.0 Å². The van der Waals surface area contributed by atoms with Crippen molar-refractivity contribution in [2.45, 2.75) is 25.4 Å². The van der Waals surface area contributed by atoms with Gasteiger partial charge in [0, 0.05) is 38.1 Å². The van der Waals surface area contributed by atoms with Crippen LogP contribution >= 0.6 is 0 Å². The quantitative estimate of drug-likeness (QED) is 0.701. The van der Waals surface area contributed by atoms with Gasteiger partial charge in [0.25, 0.3) is 0 Å². The Bertz CT molecular complexity index is 1050. The van der Waals surface area contributed by atoms with Gasteiger partial charge >= 0.3 is 0 Å². The molecule has 1 aliphatic heterocycles. The number of aromatic nitrogens is 3. The van der Waals surface area contributed by atoms with Crippen molar-refractivity contribution < 1.29 is 14.0 Å². The number of benzene rings is 1. The van der Waals surface area contributed by atoms with Crippen LogP contribution in [0.2, 0.25) is 0 Å². The number of carbonyl (C=O) groups is 2. The Hall–Kier alpha value is -3.55. The minimum Gasteiger partial charge on any atom is -0.350 e. The summed E-state index contributed by atoms with van der Waals surface area (Å²) in [5, 5.41) is 7.36. The maximum absolute atomic E-state index is 13.1. The van der Waals surface area contributed by atoms with Crippen LogP contribution in [0, 0.1) is 5.82 Å². The molecule has 3 heterocycles. The molecule has 30 heavy (non-hydrogen) atoms. The standard InChI is InChI=1S/C22H22FN5O2/c1-27-12-16-13-28(20(29)10-15-5-7-17(23)8-6-15)14-19(21(16)26-27)22(30)25-11-18-4-2-3-9-24-18/h2-9,12,19H,10-11,13-14H2,1H3,(H,25,30)/t19-/m1/s1. The van der Waals surface area contributed by atoms with Crippen LogP contribution in [0.3, 0.4) is 0 Å². The van der Waals surface area contributed by atoms with Gasteiger partial charge in [-0.3, -0.25) is 19.3 Å². The van der Waals surface area contributed by atoms with E-state index < -0.39 is 5.92 Å². The van der Waals surface area contributed by atoms with Crippen LogP contribution in [0.5, 0.6) is 0 Å². The van der Waals surface area contributed by atoms with Crippen molar-refractivity contribution in [3.8, 4) is 0 Å². The lowest BCUT2D eigenvalue weighted by molar-refractivity contribution is -0.133. The Balaban J connectivity index is 1.49. The second kappa shape index (κ2) is 8.44. The number of amides is 2. The largest absolute Gasteiger partial charge is 0.350 e. The number of aryl methyl sites for hydroxylation is 1. The number of hydrogen-bond donors (Lipinski definition) is 1. The minimum atomic E-state index is -0.559. The molecule has 7 nitrogen and oxygen atoms in total. The van der Waals surface area contributed by atoms with Crippen molar-refractivity contribution in [2.24, 2.45) is 7.05 Å². The third-order valence-corrected chi connectivity index (χ3v) is 5.14. The summed E-state index contributed by atoms with van der Waals surface area (Å²) in [7, 11) is 1.80. The van der Waals surface area contributed by atoms with Gasteiger partial charge in [0.1, 0.15) is 5.82 Å². The SMILES string of the molecule is Cn1cc2c(n1)[C@H](C(=O)NCc1ccccn1)CN(C(=O)Cc1ccc(F)cc1)C2. The van der Waals surface area contributed by atoms with E-state index in [9.17, 15) is 14.0 Å². The highest BCUT2D eigenvalue weighted by Crippen LogP contribution is 2.28. The summed E-state index contributed by atoms with van der Waals surface area (Å²) in [6.07, 6.45) is 3.67. The fraction of sp³-hybridized carbons (Fsp3) is 0.273. The molecule has 0 bridgehead atoms. The maximum Gasteiger partial charge on any atom is 0.231 e. The summed E-state index contributed by atoms with van der Waals surface area (Å²) in [6, 6.07) is 11.4. The molecule has 1 N–H and O–H groups in total. The lowest BCUT2D eigenvalue weighted by atomic mass is 9.95. The summed E-state index contributed by atoms with van der Waals surface area (Å²) in [5.41, 5.74) is 3.04. The molecule has 0 spiro atoms. The van der Waals surface area contributed by atoms with Crippen LogP contribution in [0.4, 0.5) is 4.39 Å². The van der Waals surface area contributed by atoms with E-state index in [1.54, 1.807) is 35.0 Å². The first-order valence-electron chi connectivity index (χ1n) is 9.72. The third kappa shape index (κ3) is 4.37. The molecule has 4 rings (SSSR count). The van der Waals surface area contributed by atoms with Crippen molar-refractivity contribution in [1.29, 1.82) is 0 Å². The summed E-state index contributed by atoms with van der Waals surface area (Å²) in [4.78, 5) is 31.7. The lowest BCUT2D eigenvalue weighted by Gasteiger charge is -2.31. The smallest absolute Gasteiger partial charge is 0.231 e. The Labute approximate surface area is 173 Å². The normalized spacial score (nSPS) is 15.5. The van der Waals surface area contributed by atoms with Gasteiger partial charge in [-0.25, -0.2) is 4.39 Å². The first-order valence-corrected chi connectivity index (χ1v) is 9.72. The molecule has 3 aromatic rings. The van der Waals surface area contributed by atoms with Gasteiger partial charge in [-0.2, -0.15) is 5.10 Å². The van der Waals surface area contributed by atoms with E-state index in [4.69, 9.17) is 0 Å². The summed E-state index contributed by atoms with van der Waals surface area (Å²) in [5.74, 6) is -1.21. The van der Waals surface area contributed by atoms with Crippen molar-refractivity contribution in [2.75, 3.05) is 6.54 Å². The van der Waals surface area contributed by atoms with E-state index in [1.807, 2.05) is 24.4 Å². The number of nitrogens with one attached hydrogen (secondary N) is 1. The number of carbonyl (C=O) groups excluding carboxylic acids is 2. The average molecular weight is 407 g/mol. The van der Waals surface area contributed by atoms with Gasteiger partial charge in [-0.05, 0) is 29.8 Å². The number of rotatable bonds is 5. The van der Waals surface area contributed by atoms with E-state index in [0.717, 1.165) is 16.8 Å². The summed E-state index contributed by atoms with van der Waals surface area (Å²) in [6.45, 7) is 0.952. The first-order chi connectivity index (χ1) is 14.5. The molecular weight excluding hydrogens is 385 g/mol. The van der Waals surface area contributed by atoms with Crippen molar-refractivity contribution in [3.63, 3.8) is 0 Å². The highest BCUT2D eigenvalue weighted by Gasteiger charge is 2.35. The van der Waals surface area contributed by atoms with Gasteiger partial charge in [-0.1, -0.05) is 18.2 Å². The number of hydrogen-bond acceptors (Lipinski definition) is 4. The Morgan fingerprint density at radius 1 is 1.20 bits per heavy atom. The highest BCUT2D eigenvalue weighted by atomic mass is 19.1. The zero-order chi connectivity index (χ0) is 21.1. The van der Waals surface area contributed by atoms with Crippen LogP contribution in [0.25, 0.3) is 0 Å². The maximum atomic E-state index is 13.1. The first kappa shape index (κ1) is 19.8. The monoisotopic (exact) mass is 407 g/mol. The number of pyridine rings is 1. The van der Waals surface area contributed by atoms with E-state index in [2.05, 4.69) is 15.4 Å². The zero-order valence-corrected chi connectivity index (χ0v) is 16.6. The fourth-order valence-electron chi connectivity index (χ4n) is 3.64. The molecule has 8 heteroatoms. The van der Waals surface area contributed by atoms with Crippen LogP contribution in [-0.2, 0) is 36.1 Å². The van der Waals surface area contributed by atoms with Crippen LogP contribution in [-0.4, -0.2) is 38.0 Å². The molecule has 1 atom stereocenters. The van der Waals surface area contributed by atoms with Crippen molar-refractivity contribution >= 4 is 11.8 Å². The Kier molecular flexibility index (Phi) is 5.56. The fourth-order valence-corrected chi connectivity index (χ4v) is 3.64. The number of fused-ring (bicyclic) bond motifs is 1. The minimum absolute atomic E-state index is 0.112. The van der Waals surface area contributed by atoms with Crippen LogP contribution in [0.15, 0.2) is 54.9 Å². The molecule has 1 aliphatic rings. The van der Waals surface area contributed by atoms with Gasteiger partial charge in [0.15, 0.2) is 0 Å². The molecule has 0 radical (unpaired) electrons. The Morgan fingerprint density at radius 3 is 2.73 bits per heavy atom. The molecule has 2 aromatic heterocycles. The summed E-state index contributed by atoms with van der Waals surface area (Å²) >= 11 is 0. The predicted octanol–water partition coefficient (Wildman–Crippen LogP) is 1.94. The van der Waals surface area contributed by atoms with Crippen molar-refractivity contribution in [3.05, 3.63) is 83.2 Å². The molecule has 1 aromatic carbocycles. The second-order valence-electron chi connectivity index (χ2n) is 7.38. The highest BCUT2D eigenvalue weighted by molar-refractivity contribution is 5.86. The van der Waals surface area contributed by atoms with Gasteiger partial charge in [-0.15, -0.1) is 0 Å². The number of nitrogens with zero attached hydrogens (tertiary/aromatic N) is 4. The van der Waals surface area contributed by atoms with Gasteiger partial charge < -0.3 is 10.2 Å². The lowest BCUT2D eigenvalue weighted by Crippen LogP contribution is -2.44. The molecular formula is C22H22FN5O2. The van der Waals surface area contributed by atoms with Gasteiger partial charge in [0.05, 0.1) is 30.3 Å². The second-order valence-corrected chi connectivity index (χ2v) is 7.38. The van der Waals surface area contributed by atoms with Crippen LogP contribution < -0.4 is 5.32 Å². The molecule has 0 fully saturated rings. The van der Waals surface area contributed by atoms with Crippen LogP contribution in [0.1, 0.15) is 28.4 Å². The third-order valence-electron chi connectivity index (χ3n) is 5.14. The van der Waals surface area contributed by atoms with E-state index in [1.165, 1.54) is 12.1 Å². The van der Waals surface area contributed by atoms with E-state index in [-0.39, 0.29) is 30.6 Å². The van der Waals surface area contributed by atoms with E-state index >= 15 is 0 Å². The van der Waals surface area contributed by atoms with E-state index in [0.29, 0.717) is 18.8 Å². The number of halogens is 1. The molecule has 0 unspecified atom stereocenters. The molecule has 154 valence electrons. The summed E-state index contributed by atoms with van der Waals surface area (Å²) < 4.78 is 14.8. The zero-order valence-electron chi connectivity index (χ0n) is 16.6. The molecule has 0 saturated carbocycles. The Morgan fingerprint density at radius 2 is 2.00 bits per heavy atom. The average Bonchev–Trinajstić information content (AvgIpc) is 3.13. The topological polar surface area (TPSA) is 80.1 Å².